The number of aromatic nitrogens is 2. The fourth-order valence-electron chi connectivity index (χ4n) is 4.47. The molecule has 1 saturated heterocycles. The molecule has 3 aromatic rings. The van der Waals surface area contributed by atoms with Crippen LogP contribution in [0.5, 0.6) is 0 Å². The van der Waals surface area contributed by atoms with Crippen molar-refractivity contribution in [2.45, 2.75) is 6.92 Å². The first kappa shape index (κ1) is 24.9. The van der Waals surface area contributed by atoms with Gasteiger partial charge in [-0.25, -0.2) is 4.98 Å². The van der Waals surface area contributed by atoms with Crippen molar-refractivity contribution >= 4 is 68.5 Å². The maximum atomic E-state index is 13.3. The van der Waals surface area contributed by atoms with Crippen LogP contribution in [0.3, 0.4) is 0 Å². The van der Waals surface area contributed by atoms with Gasteiger partial charge in [0.05, 0.1) is 33.9 Å². The Morgan fingerprint density at radius 1 is 1.08 bits per heavy atom. The van der Waals surface area contributed by atoms with E-state index in [0.717, 1.165) is 16.9 Å². The Hall–Kier alpha value is -2.76. The maximum Gasteiger partial charge on any atom is 0.265 e. The molecule has 3 N–H and O–H groups in total. The SMILES string of the molecule is Cc1cc(Nc2ncc3c(n2)N(C)CN(c2c(Cl)cccc2Cl)C3=O)ccc1N1CCS(O)(O)CC1. The second kappa shape index (κ2) is 9.60. The molecule has 0 radical (unpaired) electrons. The molecule has 2 aliphatic heterocycles. The van der Waals surface area contributed by atoms with Crippen molar-refractivity contribution in [2.75, 3.05) is 58.3 Å². The van der Waals surface area contributed by atoms with Crippen molar-refractivity contribution in [3.63, 3.8) is 0 Å². The number of halogens is 2. The topological polar surface area (TPSA) is 105 Å². The number of para-hydroxylation sites is 1. The van der Waals surface area contributed by atoms with Gasteiger partial charge in [0.25, 0.3) is 5.91 Å². The molecule has 5 rings (SSSR count). The average molecular weight is 549 g/mol. The Kier molecular flexibility index (Phi) is 6.65. The number of carbonyl (C=O) groups is 1. The summed E-state index contributed by atoms with van der Waals surface area (Å²) >= 11 is 12.7. The van der Waals surface area contributed by atoms with Crippen LogP contribution in [0.2, 0.25) is 10.0 Å². The number of rotatable bonds is 4. The molecule has 0 unspecified atom stereocenters. The lowest BCUT2D eigenvalue weighted by Gasteiger charge is -2.42. The lowest BCUT2D eigenvalue weighted by molar-refractivity contribution is 0.0982. The second-order valence-corrected chi connectivity index (χ2v) is 12.1. The summed E-state index contributed by atoms with van der Waals surface area (Å²) in [6.45, 7) is 3.48. The number of aryl methyl sites for hydroxylation is 1. The van der Waals surface area contributed by atoms with Crippen LogP contribution in [-0.2, 0) is 0 Å². The molecule has 2 aliphatic rings. The first-order valence-corrected chi connectivity index (χ1v) is 14.0. The third kappa shape index (κ3) is 4.79. The molecule has 0 aliphatic carbocycles. The van der Waals surface area contributed by atoms with Gasteiger partial charge in [-0.05, 0) is 42.8 Å². The lowest BCUT2D eigenvalue weighted by Crippen LogP contribution is -2.46. The molecule has 9 nitrogen and oxygen atoms in total. The van der Waals surface area contributed by atoms with E-state index in [2.05, 4.69) is 20.2 Å². The van der Waals surface area contributed by atoms with Crippen LogP contribution in [0.1, 0.15) is 15.9 Å². The van der Waals surface area contributed by atoms with E-state index in [-0.39, 0.29) is 12.6 Å². The predicted molar refractivity (Wildman–Crippen MR) is 148 cm³/mol. The zero-order valence-corrected chi connectivity index (χ0v) is 22.1. The highest BCUT2D eigenvalue weighted by molar-refractivity contribution is 8.24. The first-order valence-electron chi connectivity index (χ1n) is 11.3. The summed E-state index contributed by atoms with van der Waals surface area (Å²) in [5.41, 5.74) is 3.74. The number of nitrogens with zero attached hydrogens (tertiary/aromatic N) is 5. The Morgan fingerprint density at radius 2 is 1.78 bits per heavy atom. The summed E-state index contributed by atoms with van der Waals surface area (Å²) in [6, 6.07) is 11.1. The number of fused-ring (bicyclic) bond motifs is 1. The minimum Gasteiger partial charge on any atom is -0.368 e. The molecule has 12 heteroatoms. The number of amides is 1. The van der Waals surface area contributed by atoms with Crippen LogP contribution >= 0.6 is 33.8 Å². The highest BCUT2D eigenvalue weighted by Crippen LogP contribution is 2.42. The Bertz CT molecular complexity index is 1310. The minimum atomic E-state index is -2.44. The number of nitrogens with one attached hydrogen (secondary N) is 1. The smallest absolute Gasteiger partial charge is 0.265 e. The van der Waals surface area contributed by atoms with Crippen molar-refractivity contribution in [3.05, 3.63) is 63.8 Å². The monoisotopic (exact) mass is 548 g/mol. The molecule has 1 fully saturated rings. The number of hydrogen-bond donors (Lipinski definition) is 3. The molecule has 3 heterocycles. The predicted octanol–water partition coefficient (Wildman–Crippen LogP) is 5.46. The standard InChI is InChI=1S/C24H26Cl2N6O3S/c1-15-12-16(6-7-20(15)31-8-10-36(34,35)11-9-31)28-24-27-13-17-22(29-24)30(2)14-32(23(17)33)21-18(25)4-3-5-19(21)26/h3-7,12-13,34-35H,8-11,14H2,1-2H3,(H,27,28,29). The average Bonchev–Trinajstić information content (AvgIpc) is 2.82. The normalized spacial score (nSPS) is 18.2. The van der Waals surface area contributed by atoms with Crippen molar-refractivity contribution in [1.29, 1.82) is 0 Å². The summed E-state index contributed by atoms with van der Waals surface area (Å²) in [5, 5.41) is 4.01. The molecule has 0 atom stereocenters. The third-order valence-electron chi connectivity index (χ3n) is 6.34. The lowest BCUT2D eigenvalue weighted by atomic mass is 10.1. The Balaban J connectivity index is 1.35. The van der Waals surface area contributed by atoms with Gasteiger partial charge in [-0.1, -0.05) is 29.3 Å². The van der Waals surface area contributed by atoms with Crippen LogP contribution in [0, 0.1) is 6.92 Å². The van der Waals surface area contributed by atoms with Gasteiger partial charge in [-0.15, -0.1) is 0 Å². The molecule has 0 spiro atoms. The van der Waals surface area contributed by atoms with E-state index < -0.39 is 10.6 Å². The highest BCUT2D eigenvalue weighted by atomic mass is 35.5. The van der Waals surface area contributed by atoms with Crippen molar-refractivity contribution < 1.29 is 13.9 Å². The second-order valence-electron chi connectivity index (χ2n) is 8.90. The van der Waals surface area contributed by atoms with Gasteiger partial charge in [-0.2, -0.15) is 15.6 Å². The van der Waals surface area contributed by atoms with Gasteiger partial charge in [-0.3, -0.25) is 18.8 Å². The van der Waals surface area contributed by atoms with Gasteiger partial charge in [0.2, 0.25) is 5.95 Å². The summed E-state index contributed by atoms with van der Waals surface area (Å²) in [6.07, 6.45) is 1.51. The van der Waals surface area contributed by atoms with Gasteiger partial charge < -0.3 is 15.1 Å². The molecular weight excluding hydrogens is 523 g/mol. The van der Waals surface area contributed by atoms with Crippen molar-refractivity contribution in [1.82, 2.24) is 9.97 Å². The fourth-order valence-corrected chi connectivity index (χ4v) is 6.30. The minimum absolute atomic E-state index is 0.236. The number of benzene rings is 2. The van der Waals surface area contributed by atoms with Crippen LogP contribution in [0.25, 0.3) is 0 Å². The fraction of sp³-hybridized carbons (Fsp3) is 0.292. The van der Waals surface area contributed by atoms with E-state index in [4.69, 9.17) is 23.2 Å². The molecular formula is C24H26Cl2N6O3S. The maximum absolute atomic E-state index is 13.3. The van der Waals surface area contributed by atoms with Crippen LogP contribution < -0.4 is 20.0 Å². The van der Waals surface area contributed by atoms with E-state index in [0.29, 0.717) is 57.7 Å². The Morgan fingerprint density at radius 3 is 2.44 bits per heavy atom. The Labute approximate surface area is 221 Å². The summed E-state index contributed by atoms with van der Waals surface area (Å²) in [5.74, 6) is 1.39. The van der Waals surface area contributed by atoms with Gasteiger partial charge >= 0.3 is 0 Å². The highest BCUT2D eigenvalue weighted by Gasteiger charge is 2.32. The van der Waals surface area contributed by atoms with Crippen LogP contribution in [0.4, 0.5) is 28.8 Å². The molecule has 0 bridgehead atoms. The van der Waals surface area contributed by atoms with E-state index >= 15 is 0 Å². The third-order valence-corrected chi connectivity index (χ3v) is 8.62. The zero-order valence-electron chi connectivity index (χ0n) is 19.8. The van der Waals surface area contributed by atoms with E-state index in [9.17, 15) is 13.9 Å². The molecule has 1 amide bonds. The van der Waals surface area contributed by atoms with Gasteiger partial charge in [0.1, 0.15) is 11.4 Å². The summed E-state index contributed by atoms with van der Waals surface area (Å²) in [7, 11) is -0.600. The number of anilines is 5. The summed E-state index contributed by atoms with van der Waals surface area (Å²) in [4.78, 5) is 27.8. The van der Waals surface area contributed by atoms with Crippen molar-refractivity contribution in [2.24, 2.45) is 0 Å². The largest absolute Gasteiger partial charge is 0.368 e. The molecule has 36 heavy (non-hydrogen) atoms. The zero-order chi connectivity index (χ0) is 25.6. The summed E-state index contributed by atoms with van der Waals surface area (Å²) < 4.78 is 19.8. The van der Waals surface area contributed by atoms with E-state index in [1.165, 1.54) is 11.1 Å². The molecule has 1 aromatic heterocycles. The number of carbonyl (C=O) groups excluding carboxylic acids is 1. The van der Waals surface area contributed by atoms with Gasteiger partial charge in [0, 0.05) is 37.7 Å². The molecule has 2 aromatic carbocycles. The van der Waals surface area contributed by atoms with Crippen LogP contribution in [0.15, 0.2) is 42.6 Å². The molecule has 190 valence electrons. The van der Waals surface area contributed by atoms with Gasteiger partial charge in [0.15, 0.2) is 0 Å². The quantitative estimate of drug-likeness (QED) is 0.394. The van der Waals surface area contributed by atoms with Crippen LogP contribution in [-0.4, -0.2) is 63.3 Å². The van der Waals surface area contributed by atoms with Crippen molar-refractivity contribution in [3.8, 4) is 0 Å². The first-order chi connectivity index (χ1) is 17.1. The molecule has 0 saturated carbocycles. The number of hydrogen-bond acceptors (Lipinski definition) is 8. The van der Waals surface area contributed by atoms with E-state index in [1.54, 1.807) is 18.2 Å². The van der Waals surface area contributed by atoms with E-state index in [1.807, 2.05) is 37.1 Å².